The van der Waals surface area contributed by atoms with E-state index >= 15 is 0 Å². The van der Waals surface area contributed by atoms with E-state index in [0.29, 0.717) is 17.5 Å². The number of hydrogen-bond acceptors (Lipinski definition) is 4. The summed E-state index contributed by atoms with van der Waals surface area (Å²) in [7, 11) is 2.06. The van der Waals surface area contributed by atoms with Crippen LogP contribution in [-0.4, -0.2) is 38.7 Å². The maximum atomic E-state index is 12.5. The molecule has 26 heavy (non-hydrogen) atoms. The molecular formula is C19H22N6O. The lowest BCUT2D eigenvalue weighted by molar-refractivity contribution is 0.102. The smallest absolute Gasteiger partial charge is 0.276 e. The van der Waals surface area contributed by atoms with Gasteiger partial charge in [0.2, 0.25) is 0 Å². The summed E-state index contributed by atoms with van der Waals surface area (Å²) in [5, 5.41) is 13.5. The van der Waals surface area contributed by atoms with Crippen molar-refractivity contribution in [2.45, 2.75) is 31.1 Å². The Balaban J connectivity index is 1.36. The predicted octanol–water partition coefficient (Wildman–Crippen LogP) is 2.50. The van der Waals surface area contributed by atoms with Gasteiger partial charge < -0.3 is 15.2 Å². The molecule has 7 nitrogen and oxygen atoms in total. The first kappa shape index (κ1) is 15.6. The van der Waals surface area contributed by atoms with Crippen molar-refractivity contribution in [3.63, 3.8) is 0 Å². The summed E-state index contributed by atoms with van der Waals surface area (Å²) in [5.74, 6) is 1.95. The molecule has 7 heteroatoms. The van der Waals surface area contributed by atoms with E-state index < -0.39 is 0 Å². The minimum Gasteiger partial charge on any atom is -0.331 e. The molecule has 1 aromatic carbocycles. The van der Waals surface area contributed by atoms with Crippen molar-refractivity contribution in [3.8, 4) is 0 Å². The molecule has 2 aromatic heterocycles. The van der Waals surface area contributed by atoms with Gasteiger partial charge in [-0.05, 0) is 50.1 Å². The van der Waals surface area contributed by atoms with Crippen LogP contribution in [0.5, 0.6) is 0 Å². The summed E-state index contributed by atoms with van der Waals surface area (Å²) in [4.78, 5) is 17.3. The summed E-state index contributed by atoms with van der Waals surface area (Å²) in [6, 6.07) is 7.74. The lowest BCUT2D eigenvalue weighted by atomic mass is 10.1. The van der Waals surface area contributed by atoms with E-state index in [9.17, 15) is 4.79 Å². The van der Waals surface area contributed by atoms with Crippen LogP contribution in [0.3, 0.4) is 0 Å². The number of imidazole rings is 1. The molecule has 2 aliphatic rings. The van der Waals surface area contributed by atoms with E-state index in [1.165, 1.54) is 12.8 Å². The van der Waals surface area contributed by atoms with Gasteiger partial charge >= 0.3 is 0 Å². The number of amides is 1. The molecule has 3 N–H and O–H groups in total. The fraction of sp³-hybridized carbons (Fsp3) is 0.421. The summed E-state index contributed by atoms with van der Waals surface area (Å²) in [6.45, 7) is 1.95. The Bertz CT molecular complexity index is 977. The van der Waals surface area contributed by atoms with Crippen LogP contribution in [0.1, 0.15) is 53.1 Å². The Morgan fingerprint density at radius 2 is 2.12 bits per heavy atom. The fourth-order valence-corrected chi connectivity index (χ4v) is 3.78. The minimum absolute atomic E-state index is 0.198. The van der Waals surface area contributed by atoms with Crippen molar-refractivity contribution in [1.29, 1.82) is 0 Å². The molecule has 3 heterocycles. The molecule has 1 aliphatic heterocycles. The zero-order chi connectivity index (χ0) is 17.7. The first-order chi connectivity index (χ1) is 12.7. The highest BCUT2D eigenvalue weighted by Gasteiger charge is 2.28. The molecule has 1 atom stereocenters. The average molecular weight is 350 g/mol. The Hall–Kier alpha value is -2.67. The molecule has 5 rings (SSSR count). The van der Waals surface area contributed by atoms with Crippen LogP contribution in [0, 0.1) is 0 Å². The lowest BCUT2D eigenvalue weighted by Gasteiger charge is -2.04. The first-order valence-corrected chi connectivity index (χ1v) is 9.23. The van der Waals surface area contributed by atoms with Crippen LogP contribution in [0.15, 0.2) is 24.3 Å². The maximum absolute atomic E-state index is 12.5. The first-order valence-electron chi connectivity index (χ1n) is 9.23. The van der Waals surface area contributed by atoms with Gasteiger partial charge in [0.1, 0.15) is 5.82 Å². The second-order valence-electron chi connectivity index (χ2n) is 7.36. The Morgan fingerprint density at radius 3 is 2.88 bits per heavy atom. The highest BCUT2D eigenvalue weighted by molar-refractivity contribution is 6.03. The molecule has 134 valence electrons. The SMILES string of the molecule is Cn1c(C2CC2)nc2cc(NC(=O)c3cc(C4CCNC4)[nH]n3)ccc21. The summed E-state index contributed by atoms with van der Waals surface area (Å²) in [5.41, 5.74) is 4.21. The molecule has 0 radical (unpaired) electrons. The van der Waals surface area contributed by atoms with E-state index in [1.54, 1.807) is 0 Å². The van der Waals surface area contributed by atoms with Crippen molar-refractivity contribution in [1.82, 2.24) is 25.1 Å². The van der Waals surface area contributed by atoms with E-state index in [0.717, 1.165) is 47.7 Å². The van der Waals surface area contributed by atoms with Gasteiger partial charge in [-0.25, -0.2) is 4.98 Å². The van der Waals surface area contributed by atoms with Gasteiger partial charge in [-0.1, -0.05) is 0 Å². The van der Waals surface area contributed by atoms with Gasteiger partial charge in [-0.3, -0.25) is 9.89 Å². The summed E-state index contributed by atoms with van der Waals surface area (Å²) >= 11 is 0. The quantitative estimate of drug-likeness (QED) is 0.675. The molecule has 1 saturated carbocycles. The highest BCUT2D eigenvalue weighted by Crippen LogP contribution is 2.40. The number of carbonyl (C=O) groups excluding carboxylic acids is 1. The topological polar surface area (TPSA) is 87.6 Å². The largest absolute Gasteiger partial charge is 0.331 e. The molecule has 1 saturated heterocycles. The molecule has 1 aliphatic carbocycles. The number of nitrogens with one attached hydrogen (secondary N) is 3. The minimum atomic E-state index is -0.198. The van der Waals surface area contributed by atoms with Gasteiger partial charge in [-0.2, -0.15) is 5.10 Å². The maximum Gasteiger partial charge on any atom is 0.276 e. The number of aromatic amines is 1. The number of fused-ring (bicyclic) bond motifs is 1. The van der Waals surface area contributed by atoms with Crippen LogP contribution < -0.4 is 10.6 Å². The van der Waals surface area contributed by atoms with Gasteiger partial charge in [-0.15, -0.1) is 0 Å². The van der Waals surface area contributed by atoms with E-state index in [-0.39, 0.29) is 5.91 Å². The van der Waals surface area contributed by atoms with Crippen molar-refractivity contribution in [3.05, 3.63) is 41.5 Å². The van der Waals surface area contributed by atoms with Crippen LogP contribution >= 0.6 is 0 Å². The number of carbonyl (C=O) groups is 1. The average Bonchev–Trinajstić information content (AvgIpc) is 3.04. The Kier molecular flexibility index (Phi) is 3.56. The molecule has 1 unspecified atom stereocenters. The molecular weight excluding hydrogens is 328 g/mol. The number of nitrogens with zero attached hydrogens (tertiary/aromatic N) is 3. The Morgan fingerprint density at radius 1 is 1.23 bits per heavy atom. The number of H-pyrrole nitrogens is 1. The van der Waals surface area contributed by atoms with E-state index in [2.05, 4.69) is 32.4 Å². The lowest BCUT2D eigenvalue weighted by Crippen LogP contribution is -2.12. The third-order valence-electron chi connectivity index (χ3n) is 5.45. The molecule has 2 fully saturated rings. The van der Waals surface area contributed by atoms with Crippen molar-refractivity contribution in [2.24, 2.45) is 7.05 Å². The third kappa shape index (κ3) is 2.68. The fourth-order valence-electron chi connectivity index (χ4n) is 3.78. The number of benzene rings is 1. The monoisotopic (exact) mass is 350 g/mol. The van der Waals surface area contributed by atoms with Crippen molar-refractivity contribution in [2.75, 3.05) is 18.4 Å². The van der Waals surface area contributed by atoms with Gasteiger partial charge in [0.15, 0.2) is 5.69 Å². The number of rotatable bonds is 4. The second-order valence-corrected chi connectivity index (χ2v) is 7.36. The molecule has 3 aromatic rings. The number of aryl methyl sites for hydroxylation is 1. The van der Waals surface area contributed by atoms with Crippen molar-refractivity contribution < 1.29 is 4.79 Å². The standard InChI is InChI=1S/C19H22N6O/c1-25-17-5-4-13(8-15(17)22-18(25)11-2-3-11)21-19(26)16-9-14(23-24-16)12-6-7-20-10-12/h4-5,8-9,11-12,20H,2-3,6-7,10H2,1H3,(H,21,26)(H,23,24). The second kappa shape index (κ2) is 5.95. The van der Waals surface area contributed by atoms with E-state index in [1.807, 2.05) is 24.3 Å². The van der Waals surface area contributed by atoms with Gasteiger partial charge in [0.25, 0.3) is 5.91 Å². The number of hydrogen-bond donors (Lipinski definition) is 3. The van der Waals surface area contributed by atoms with Crippen LogP contribution in [-0.2, 0) is 7.05 Å². The zero-order valence-corrected chi connectivity index (χ0v) is 14.7. The summed E-state index contributed by atoms with van der Waals surface area (Å²) < 4.78 is 2.16. The zero-order valence-electron chi connectivity index (χ0n) is 14.7. The Labute approximate surface area is 151 Å². The molecule has 0 bridgehead atoms. The highest BCUT2D eigenvalue weighted by atomic mass is 16.1. The molecule has 1 amide bonds. The number of anilines is 1. The van der Waals surface area contributed by atoms with Gasteiger partial charge in [0, 0.05) is 36.8 Å². The van der Waals surface area contributed by atoms with E-state index in [4.69, 9.17) is 4.98 Å². The predicted molar refractivity (Wildman–Crippen MR) is 99.5 cm³/mol. The van der Waals surface area contributed by atoms with Gasteiger partial charge in [0.05, 0.1) is 11.0 Å². The van der Waals surface area contributed by atoms with Crippen LogP contribution in [0.2, 0.25) is 0 Å². The summed E-state index contributed by atoms with van der Waals surface area (Å²) in [6.07, 6.45) is 3.51. The van der Waals surface area contributed by atoms with Crippen molar-refractivity contribution >= 4 is 22.6 Å². The molecule has 0 spiro atoms. The third-order valence-corrected chi connectivity index (χ3v) is 5.45. The van der Waals surface area contributed by atoms with Crippen LogP contribution in [0.25, 0.3) is 11.0 Å². The van der Waals surface area contributed by atoms with Crippen LogP contribution in [0.4, 0.5) is 5.69 Å². The number of aromatic nitrogens is 4. The normalized spacial score (nSPS) is 20.0.